The van der Waals surface area contributed by atoms with Gasteiger partial charge in [0.25, 0.3) is 0 Å². The third kappa shape index (κ3) is 3.97. The molecule has 1 aromatic heterocycles. The van der Waals surface area contributed by atoms with Crippen LogP contribution in [0.4, 0.5) is 5.82 Å². The molecule has 0 radical (unpaired) electrons. The Morgan fingerprint density at radius 3 is 2.33 bits per heavy atom. The van der Waals surface area contributed by atoms with E-state index in [2.05, 4.69) is 27.3 Å². The Hall–Kier alpha value is -2.27. The number of aromatic nitrogens is 1. The highest BCUT2D eigenvalue weighted by molar-refractivity contribution is 5.43. The van der Waals surface area contributed by atoms with Crippen LogP contribution in [0.2, 0.25) is 0 Å². The van der Waals surface area contributed by atoms with E-state index < -0.39 is 0 Å². The molecule has 128 valence electrons. The summed E-state index contributed by atoms with van der Waals surface area (Å²) in [5.74, 6) is 2.60. The van der Waals surface area contributed by atoms with Crippen molar-refractivity contribution >= 4 is 5.82 Å². The zero-order valence-corrected chi connectivity index (χ0v) is 14.4. The van der Waals surface area contributed by atoms with E-state index in [4.69, 9.17) is 9.47 Å². The molecule has 0 bridgehead atoms. The Bertz CT molecular complexity index is 652. The fourth-order valence-corrected chi connectivity index (χ4v) is 3.00. The minimum atomic E-state index is 0.753. The minimum Gasteiger partial charge on any atom is -0.493 e. The Labute approximate surface area is 143 Å². The standard InChI is InChI=1S/C19H25N3O2/c1-23-17-7-5-15(11-18(17)24-2)12-20-13-16-6-8-19(21-14-16)22-9-3-4-10-22/h5-8,11,14,20H,3-4,9-10,12-13H2,1-2H3. The number of anilines is 1. The second-order valence-electron chi connectivity index (χ2n) is 6.01. The maximum absolute atomic E-state index is 5.34. The Morgan fingerprint density at radius 1 is 0.958 bits per heavy atom. The number of nitrogens with zero attached hydrogens (tertiary/aromatic N) is 2. The number of ether oxygens (including phenoxy) is 2. The van der Waals surface area contributed by atoms with Gasteiger partial charge in [0.05, 0.1) is 14.2 Å². The smallest absolute Gasteiger partial charge is 0.161 e. The topological polar surface area (TPSA) is 46.6 Å². The van der Waals surface area contributed by atoms with Crippen LogP contribution in [0, 0.1) is 0 Å². The van der Waals surface area contributed by atoms with Crippen LogP contribution in [0.15, 0.2) is 36.5 Å². The highest BCUT2D eigenvalue weighted by atomic mass is 16.5. The van der Waals surface area contributed by atoms with Crippen molar-refractivity contribution in [3.05, 3.63) is 47.7 Å². The van der Waals surface area contributed by atoms with Crippen LogP contribution in [-0.2, 0) is 13.1 Å². The minimum absolute atomic E-state index is 0.753. The zero-order chi connectivity index (χ0) is 16.8. The molecular weight excluding hydrogens is 302 g/mol. The van der Waals surface area contributed by atoms with Crippen molar-refractivity contribution < 1.29 is 9.47 Å². The van der Waals surface area contributed by atoms with Crippen molar-refractivity contribution in [2.45, 2.75) is 25.9 Å². The van der Waals surface area contributed by atoms with Gasteiger partial charge < -0.3 is 19.7 Å². The predicted molar refractivity (Wildman–Crippen MR) is 95.8 cm³/mol. The molecule has 2 heterocycles. The average molecular weight is 327 g/mol. The van der Waals surface area contributed by atoms with E-state index in [0.717, 1.165) is 49.1 Å². The van der Waals surface area contributed by atoms with Crippen molar-refractivity contribution in [2.75, 3.05) is 32.2 Å². The summed E-state index contributed by atoms with van der Waals surface area (Å²) in [5, 5.41) is 3.45. The van der Waals surface area contributed by atoms with Crippen molar-refractivity contribution in [1.29, 1.82) is 0 Å². The summed E-state index contributed by atoms with van der Waals surface area (Å²) in [6.07, 6.45) is 4.52. The van der Waals surface area contributed by atoms with Crippen molar-refractivity contribution in [3.8, 4) is 11.5 Å². The van der Waals surface area contributed by atoms with Gasteiger partial charge in [-0.15, -0.1) is 0 Å². The van der Waals surface area contributed by atoms with E-state index in [-0.39, 0.29) is 0 Å². The van der Waals surface area contributed by atoms with Gasteiger partial charge in [-0.2, -0.15) is 0 Å². The second-order valence-corrected chi connectivity index (χ2v) is 6.01. The fraction of sp³-hybridized carbons (Fsp3) is 0.421. The molecule has 0 atom stereocenters. The molecule has 2 aromatic rings. The third-order valence-electron chi connectivity index (χ3n) is 4.35. The van der Waals surface area contributed by atoms with E-state index >= 15 is 0 Å². The molecule has 5 nitrogen and oxygen atoms in total. The van der Waals surface area contributed by atoms with Crippen LogP contribution >= 0.6 is 0 Å². The molecule has 0 amide bonds. The van der Waals surface area contributed by atoms with E-state index in [0.29, 0.717) is 0 Å². The van der Waals surface area contributed by atoms with Crippen molar-refractivity contribution in [2.24, 2.45) is 0 Å². The molecule has 3 rings (SSSR count). The first-order valence-electron chi connectivity index (χ1n) is 8.41. The summed E-state index contributed by atoms with van der Waals surface area (Å²) in [7, 11) is 3.30. The highest BCUT2D eigenvalue weighted by Crippen LogP contribution is 2.27. The van der Waals surface area contributed by atoms with Crippen molar-refractivity contribution in [1.82, 2.24) is 10.3 Å². The second kappa shape index (κ2) is 8.02. The number of hydrogen-bond acceptors (Lipinski definition) is 5. The summed E-state index contributed by atoms with van der Waals surface area (Å²) in [4.78, 5) is 6.93. The number of rotatable bonds is 7. The molecule has 1 saturated heterocycles. The van der Waals surface area contributed by atoms with Crippen molar-refractivity contribution in [3.63, 3.8) is 0 Å². The molecular formula is C19H25N3O2. The molecule has 0 aliphatic carbocycles. The number of hydrogen-bond donors (Lipinski definition) is 1. The number of methoxy groups -OCH3 is 2. The highest BCUT2D eigenvalue weighted by Gasteiger charge is 2.12. The first-order valence-corrected chi connectivity index (χ1v) is 8.41. The molecule has 5 heteroatoms. The van der Waals surface area contributed by atoms with E-state index in [1.807, 2.05) is 24.4 Å². The van der Waals surface area contributed by atoms with Gasteiger partial charge >= 0.3 is 0 Å². The summed E-state index contributed by atoms with van der Waals surface area (Å²) >= 11 is 0. The summed E-state index contributed by atoms with van der Waals surface area (Å²) < 4.78 is 10.6. The summed E-state index contributed by atoms with van der Waals surface area (Å²) in [6.45, 7) is 3.82. The Balaban J connectivity index is 1.52. The molecule has 0 saturated carbocycles. The largest absolute Gasteiger partial charge is 0.493 e. The van der Waals surface area contributed by atoms with Gasteiger partial charge in [0, 0.05) is 32.4 Å². The summed E-state index contributed by atoms with van der Waals surface area (Å²) in [6, 6.07) is 10.3. The predicted octanol–water partition coefficient (Wildman–Crippen LogP) is 2.99. The van der Waals surface area contributed by atoms with Gasteiger partial charge in [-0.1, -0.05) is 12.1 Å². The molecule has 24 heavy (non-hydrogen) atoms. The lowest BCUT2D eigenvalue weighted by Gasteiger charge is -2.16. The molecule has 1 N–H and O–H groups in total. The monoisotopic (exact) mass is 327 g/mol. The summed E-state index contributed by atoms with van der Waals surface area (Å²) in [5.41, 5.74) is 2.35. The molecule has 1 aliphatic rings. The lowest BCUT2D eigenvalue weighted by molar-refractivity contribution is 0.354. The first kappa shape index (κ1) is 16.6. The van der Waals surface area contributed by atoms with E-state index in [9.17, 15) is 0 Å². The Kier molecular flexibility index (Phi) is 5.54. The van der Waals surface area contributed by atoms with Crippen LogP contribution in [-0.4, -0.2) is 32.3 Å². The maximum atomic E-state index is 5.34. The fourth-order valence-electron chi connectivity index (χ4n) is 3.00. The van der Waals surface area contributed by atoms with Gasteiger partial charge in [-0.25, -0.2) is 4.98 Å². The Morgan fingerprint density at radius 2 is 1.67 bits per heavy atom. The van der Waals surface area contributed by atoms with Gasteiger partial charge in [0.15, 0.2) is 11.5 Å². The molecule has 0 spiro atoms. The van der Waals surface area contributed by atoms with Crippen LogP contribution in [0.3, 0.4) is 0 Å². The van der Waals surface area contributed by atoms with Crippen LogP contribution < -0.4 is 19.7 Å². The zero-order valence-electron chi connectivity index (χ0n) is 14.4. The van der Waals surface area contributed by atoms with Gasteiger partial charge in [-0.05, 0) is 42.2 Å². The lowest BCUT2D eigenvalue weighted by Crippen LogP contribution is -2.19. The molecule has 1 fully saturated rings. The number of pyridine rings is 1. The normalized spacial score (nSPS) is 14.0. The number of nitrogens with one attached hydrogen (secondary N) is 1. The molecule has 1 aliphatic heterocycles. The lowest BCUT2D eigenvalue weighted by atomic mass is 10.2. The SMILES string of the molecule is COc1ccc(CNCc2ccc(N3CCCC3)nc2)cc1OC. The van der Waals surface area contributed by atoms with Gasteiger partial charge in [0.2, 0.25) is 0 Å². The molecule has 0 unspecified atom stereocenters. The molecule has 1 aromatic carbocycles. The van der Waals surface area contributed by atoms with Crippen LogP contribution in [0.25, 0.3) is 0 Å². The quantitative estimate of drug-likeness (QED) is 0.847. The number of benzene rings is 1. The third-order valence-corrected chi connectivity index (χ3v) is 4.35. The van der Waals surface area contributed by atoms with Crippen LogP contribution in [0.1, 0.15) is 24.0 Å². The van der Waals surface area contributed by atoms with E-state index in [1.165, 1.54) is 18.4 Å². The average Bonchev–Trinajstić information content (AvgIpc) is 3.17. The maximum Gasteiger partial charge on any atom is 0.161 e. The van der Waals surface area contributed by atoms with Gasteiger partial charge in [0.1, 0.15) is 5.82 Å². The van der Waals surface area contributed by atoms with Crippen LogP contribution in [0.5, 0.6) is 11.5 Å². The first-order chi connectivity index (χ1) is 11.8. The van der Waals surface area contributed by atoms with E-state index in [1.54, 1.807) is 14.2 Å². The van der Waals surface area contributed by atoms with Gasteiger partial charge in [-0.3, -0.25) is 0 Å².